The summed E-state index contributed by atoms with van der Waals surface area (Å²) in [5.74, 6) is 1.21. The third-order valence-electron chi connectivity index (χ3n) is 4.74. The van der Waals surface area contributed by atoms with Crippen molar-refractivity contribution in [1.29, 1.82) is 0 Å². The van der Waals surface area contributed by atoms with E-state index in [1.807, 2.05) is 0 Å². The number of hydrogen-bond donors (Lipinski definition) is 0. The van der Waals surface area contributed by atoms with Crippen molar-refractivity contribution in [2.24, 2.45) is 11.8 Å². The molecule has 0 fully saturated rings. The van der Waals surface area contributed by atoms with Gasteiger partial charge in [-0.25, -0.2) is 0 Å². The molecule has 118 valence electrons. The molecule has 0 aromatic heterocycles. The van der Waals surface area contributed by atoms with E-state index >= 15 is 0 Å². The van der Waals surface area contributed by atoms with Gasteiger partial charge in [0.25, 0.3) is 0 Å². The molecular formula is C22H30. The summed E-state index contributed by atoms with van der Waals surface area (Å²) in [6, 6.07) is 0. The minimum atomic E-state index is 0.604. The van der Waals surface area contributed by atoms with Crippen molar-refractivity contribution >= 4 is 0 Å². The fourth-order valence-corrected chi connectivity index (χ4v) is 3.30. The zero-order chi connectivity index (χ0) is 16.3. The predicted molar refractivity (Wildman–Crippen MR) is 98.8 cm³/mol. The first-order valence-corrected chi connectivity index (χ1v) is 8.58. The van der Waals surface area contributed by atoms with Crippen molar-refractivity contribution in [3.8, 4) is 0 Å². The molecule has 22 heavy (non-hydrogen) atoms. The SMILES string of the molecule is CC(CCC(C)=C1C=CC=C1C(C)C)=C1C=CC=C1C(C)C. The summed E-state index contributed by atoms with van der Waals surface area (Å²) in [6.07, 6.45) is 15.8. The lowest BCUT2D eigenvalue weighted by Gasteiger charge is -2.15. The molecule has 0 bridgehead atoms. The highest BCUT2D eigenvalue weighted by Crippen LogP contribution is 2.33. The van der Waals surface area contributed by atoms with Crippen molar-refractivity contribution in [3.05, 3.63) is 69.9 Å². The van der Waals surface area contributed by atoms with Crippen LogP contribution >= 0.6 is 0 Å². The molecule has 2 aliphatic rings. The van der Waals surface area contributed by atoms with Crippen LogP contribution in [-0.4, -0.2) is 0 Å². The van der Waals surface area contributed by atoms with Gasteiger partial charge in [-0.15, -0.1) is 0 Å². The normalized spacial score (nSPS) is 21.8. The molecule has 0 heteroatoms. The Labute approximate surface area is 136 Å². The van der Waals surface area contributed by atoms with E-state index in [1.165, 1.54) is 33.4 Å². The van der Waals surface area contributed by atoms with Crippen LogP contribution in [0.4, 0.5) is 0 Å². The fourth-order valence-electron chi connectivity index (χ4n) is 3.30. The molecule has 0 nitrogen and oxygen atoms in total. The Morgan fingerprint density at radius 2 is 1.09 bits per heavy atom. The van der Waals surface area contributed by atoms with Crippen molar-refractivity contribution in [1.82, 2.24) is 0 Å². The Hall–Kier alpha value is -1.56. The molecule has 0 N–H and O–H groups in total. The van der Waals surface area contributed by atoms with Crippen molar-refractivity contribution in [3.63, 3.8) is 0 Å². The van der Waals surface area contributed by atoms with Gasteiger partial charge in [0, 0.05) is 0 Å². The second-order valence-electron chi connectivity index (χ2n) is 7.16. The first-order chi connectivity index (χ1) is 10.4. The van der Waals surface area contributed by atoms with Crippen LogP contribution in [0.1, 0.15) is 54.4 Å². The van der Waals surface area contributed by atoms with E-state index in [0.717, 1.165) is 12.8 Å². The molecule has 0 unspecified atom stereocenters. The van der Waals surface area contributed by atoms with Gasteiger partial charge in [0.15, 0.2) is 0 Å². The smallest absolute Gasteiger partial charge is 0.0213 e. The molecule has 0 amide bonds. The quantitative estimate of drug-likeness (QED) is 0.529. The van der Waals surface area contributed by atoms with Crippen LogP contribution in [-0.2, 0) is 0 Å². The molecule has 0 spiro atoms. The van der Waals surface area contributed by atoms with E-state index < -0.39 is 0 Å². The maximum absolute atomic E-state index is 2.29. The summed E-state index contributed by atoms with van der Waals surface area (Å²) >= 11 is 0. The monoisotopic (exact) mass is 294 g/mol. The third-order valence-corrected chi connectivity index (χ3v) is 4.74. The average molecular weight is 294 g/mol. The Morgan fingerprint density at radius 1 is 0.727 bits per heavy atom. The lowest BCUT2D eigenvalue weighted by Crippen LogP contribution is -1.99. The number of allylic oxidation sites excluding steroid dienone is 12. The zero-order valence-corrected chi connectivity index (χ0v) is 15.0. The molecule has 0 aromatic carbocycles. The van der Waals surface area contributed by atoms with Gasteiger partial charge in [-0.3, -0.25) is 0 Å². The molecule has 2 rings (SSSR count). The van der Waals surface area contributed by atoms with Gasteiger partial charge in [0.05, 0.1) is 0 Å². The predicted octanol–water partition coefficient (Wildman–Crippen LogP) is 6.70. The molecule has 0 radical (unpaired) electrons. The average Bonchev–Trinajstić information content (AvgIpc) is 3.12. The number of hydrogen-bond acceptors (Lipinski definition) is 0. The highest BCUT2D eigenvalue weighted by molar-refractivity contribution is 5.53. The highest BCUT2D eigenvalue weighted by Gasteiger charge is 2.15. The Morgan fingerprint density at radius 3 is 1.41 bits per heavy atom. The fraction of sp³-hybridized carbons (Fsp3) is 0.455. The second-order valence-corrected chi connectivity index (χ2v) is 7.16. The molecule has 0 aliphatic heterocycles. The van der Waals surface area contributed by atoms with Crippen LogP contribution in [0.5, 0.6) is 0 Å². The Bertz CT molecular complexity index is 554. The topological polar surface area (TPSA) is 0 Å². The van der Waals surface area contributed by atoms with Gasteiger partial charge < -0.3 is 0 Å². The third kappa shape index (κ3) is 3.61. The van der Waals surface area contributed by atoms with E-state index in [-0.39, 0.29) is 0 Å². The summed E-state index contributed by atoms with van der Waals surface area (Å²) < 4.78 is 0. The summed E-state index contributed by atoms with van der Waals surface area (Å²) in [7, 11) is 0. The zero-order valence-electron chi connectivity index (χ0n) is 15.0. The second kappa shape index (κ2) is 7.13. The van der Waals surface area contributed by atoms with E-state index in [0.29, 0.717) is 11.8 Å². The lowest BCUT2D eigenvalue weighted by molar-refractivity contribution is 0.773. The molecule has 0 aromatic rings. The van der Waals surface area contributed by atoms with E-state index in [2.05, 4.69) is 78.0 Å². The van der Waals surface area contributed by atoms with Crippen LogP contribution in [0, 0.1) is 11.8 Å². The van der Waals surface area contributed by atoms with Gasteiger partial charge >= 0.3 is 0 Å². The van der Waals surface area contributed by atoms with Gasteiger partial charge in [-0.05, 0) is 60.8 Å². The van der Waals surface area contributed by atoms with Crippen molar-refractivity contribution in [2.75, 3.05) is 0 Å². The van der Waals surface area contributed by atoms with E-state index in [1.54, 1.807) is 0 Å². The van der Waals surface area contributed by atoms with Crippen molar-refractivity contribution in [2.45, 2.75) is 54.4 Å². The van der Waals surface area contributed by atoms with Crippen LogP contribution in [0.15, 0.2) is 69.9 Å². The summed E-state index contributed by atoms with van der Waals surface area (Å²) in [4.78, 5) is 0. The van der Waals surface area contributed by atoms with E-state index in [4.69, 9.17) is 0 Å². The summed E-state index contributed by atoms with van der Waals surface area (Å²) in [5.41, 5.74) is 8.96. The van der Waals surface area contributed by atoms with Gasteiger partial charge in [-0.2, -0.15) is 0 Å². The molecular weight excluding hydrogens is 264 g/mol. The van der Waals surface area contributed by atoms with E-state index in [9.17, 15) is 0 Å². The largest absolute Gasteiger partial charge is 0.0655 e. The molecule has 0 heterocycles. The summed E-state index contributed by atoms with van der Waals surface area (Å²) in [5, 5.41) is 0. The van der Waals surface area contributed by atoms with Crippen molar-refractivity contribution < 1.29 is 0 Å². The number of rotatable bonds is 5. The first kappa shape index (κ1) is 16.8. The van der Waals surface area contributed by atoms with Gasteiger partial charge in [-0.1, -0.05) is 75.3 Å². The van der Waals surface area contributed by atoms with Crippen LogP contribution in [0.2, 0.25) is 0 Å². The minimum absolute atomic E-state index is 0.604. The van der Waals surface area contributed by atoms with Gasteiger partial charge in [0.1, 0.15) is 0 Å². The highest BCUT2D eigenvalue weighted by atomic mass is 14.2. The maximum Gasteiger partial charge on any atom is -0.0213 e. The minimum Gasteiger partial charge on any atom is -0.0655 e. The van der Waals surface area contributed by atoms with Crippen LogP contribution < -0.4 is 0 Å². The first-order valence-electron chi connectivity index (χ1n) is 8.58. The molecule has 0 saturated carbocycles. The van der Waals surface area contributed by atoms with Crippen LogP contribution in [0.3, 0.4) is 0 Å². The maximum atomic E-state index is 2.29. The summed E-state index contributed by atoms with van der Waals surface area (Å²) in [6.45, 7) is 13.7. The standard InChI is InChI=1S/C22H30/c1-15(2)19-9-7-11-21(19)17(5)13-14-18(6)22-12-8-10-20(22)16(3)4/h7-12,15-16H,13-14H2,1-6H3. The Kier molecular flexibility index (Phi) is 5.45. The molecule has 0 saturated heterocycles. The molecule has 2 aliphatic carbocycles. The van der Waals surface area contributed by atoms with Crippen LogP contribution in [0.25, 0.3) is 0 Å². The Balaban J connectivity index is 2.10. The lowest BCUT2D eigenvalue weighted by atomic mass is 9.90. The molecule has 0 atom stereocenters. The van der Waals surface area contributed by atoms with Gasteiger partial charge in [0.2, 0.25) is 0 Å².